The minimum Gasteiger partial charge on any atom is -0.309 e. The summed E-state index contributed by atoms with van der Waals surface area (Å²) in [5.41, 5.74) is 17.3. The van der Waals surface area contributed by atoms with Crippen LogP contribution in [0.15, 0.2) is 261 Å². The quantitative estimate of drug-likeness (QED) is 0.123. The van der Waals surface area contributed by atoms with E-state index < -0.39 is 0 Å². The van der Waals surface area contributed by atoms with Crippen LogP contribution in [-0.4, -0.2) is 19.2 Å². The second-order valence-corrected chi connectivity index (χ2v) is 17.5. The van der Waals surface area contributed by atoms with Gasteiger partial charge in [0.2, 0.25) is 0 Å². The molecular formula is C66H50N4. The molecule has 0 bridgehead atoms. The summed E-state index contributed by atoms with van der Waals surface area (Å²) in [6.45, 7) is 7.33. The molecule has 0 atom stereocenters. The molecule has 0 aliphatic heterocycles. The number of benzene rings is 10. The largest absolute Gasteiger partial charge is 0.309 e. The highest BCUT2D eigenvalue weighted by molar-refractivity contribution is 6.13. The number of nitrogens with zero attached hydrogens (tertiary/aromatic N) is 4. The second kappa shape index (κ2) is 19.2. The molecule has 0 fully saturated rings. The Bertz CT molecular complexity index is 3790. The molecule has 10 aromatic carbocycles. The number of aryl methyl sites for hydroxylation is 1. The number of para-hydroxylation sites is 1. The first-order chi connectivity index (χ1) is 34.6. The number of pyridine rings is 1. The van der Waals surface area contributed by atoms with Gasteiger partial charge in [-0.25, -0.2) is 0 Å². The zero-order valence-corrected chi connectivity index (χ0v) is 39.2. The smallest absolute Gasteiger partial charge is 0.169 e. The van der Waals surface area contributed by atoms with Crippen molar-refractivity contribution in [2.75, 3.05) is 0 Å². The van der Waals surface area contributed by atoms with Crippen LogP contribution in [0.3, 0.4) is 0 Å². The van der Waals surface area contributed by atoms with Gasteiger partial charge >= 0.3 is 0 Å². The van der Waals surface area contributed by atoms with Gasteiger partial charge in [0.1, 0.15) is 0 Å². The van der Waals surface area contributed by atoms with Gasteiger partial charge in [-0.1, -0.05) is 206 Å². The maximum atomic E-state index is 4.79. The lowest BCUT2D eigenvalue weighted by Crippen LogP contribution is -1.96. The zero-order chi connectivity index (χ0) is 47.4. The third-order valence-corrected chi connectivity index (χ3v) is 13.0. The van der Waals surface area contributed by atoms with E-state index in [1.807, 2.05) is 25.1 Å². The van der Waals surface area contributed by atoms with E-state index in [2.05, 4.69) is 253 Å². The number of fused-ring (bicyclic) bond motifs is 9. The van der Waals surface area contributed by atoms with Crippen LogP contribution in [0.25, 0.3) is 111 Å². The molecule has 4 heteroatoms. The lowest BCUT2D eigenvalue weighted by atomic mass is 9.97. The first kappa shape index (κ1) is 43.5. The number of rotatable bonds is 6. The Hall–Kier alpha value is -9.12. The molecule has 0 saturated heterocycles. The molecule has 3 aromatic heterocycles. The summed E-state index contributed by atoms with van der Waals surface area (Å²) in [6, 6.07) is 88.8. The van der Waals surface area contributed by atoms with E-state index in [-0.39, 0.29) is 0 Å². The molecule has 0 amide bonds. The normalized spacial score (nSPS) is 11.1. The molecule has 0 aliphatic carbocycles. The number of allylic oxidation sites excluding steroid dienone is 1. The van der Waals surface area contributed by atoms with Gasteiger partial charge in [0.05, 0.1) is 16.6 Å². The van der Waals surface area contributed by atoms with Crippen molar-refractivity contribution in [2.45, 2.75) is 13.8 Å². The van der Waals surface area contributed by atoms with Gasteiger partial charge in [0.15, 0.2) is 11.5 Å². The van der Waals surface area contributed by atoms with E-state index >= 15 is 0 Å². The van der Waals surface area contributed by atoms with E-state index in [1.165, 1.54) is 71.6 Å². The van der Waals surface area contributed by atoms with Gasteiger partial charge in [-0.3, -0.25) is 4.40 Å². The monoisotopic (exact) mass is 898 g/mol. The van der Waals surface area contributed by atoms with Crippen LogP contribution in [0.2, 0.25) is 0 Å². The predicted octanol–water partition coefficient (Wildman–Crippen LogP) is 17.7. The van der Waals surface area contributed by atoms with E-state index in [4.69, 9.17) is 10.2 Å². The Morgan fingerprint density at radius 2 is 0.729 bits per heavy atom. The number of aromatic nitrogens is 4. The van der Waals surface area contributed by atoms with Crippen molar-refractivity contribution in [1.82, 2.24) is 19.2 Å². The third-order valence-electron chi connectivity index (χ3n) is 13.0. The van der Waals surface area contributed by atoms with Crippen molar-refractivity contribution >= 4 is 49.1 Å². The van der Waals surface area contributed by atoms with Crippen molar-refractivity contribution in [3.63, 3.8) is 0 Å². The fourth-order valence-corrected chi connectivity index (χ4v) is 9.61. The van der Waals surface area contributed by atoms with Crippen LogP contribution < -0.4 is 0 Å². The maximum absolute atomic E-state index is 4.79. The summed E-state index contributed by atoms with van der Waals surface area (Å²) >= 11 is 0. The Morgan fingerprint density at radius 3 is 1.21 bits per heavy atom. The summed E-state index contributed by atoms with van der Waals surface area (Å²) in [7, 11) is 0. The molecule has 0 aliphatic rings. The fourth-order valence-electron chi connectivity index (χ4n) is 9.61. The topological polar surface area (TPSA) is 35.1 Å². The molecule has 13 rings (SSSR count). The Labute approximate surface area is 408 Å². The van der Waals surface area contributed by atoms with Crippen LogP contribution in [0.4, 0.5) is 0 Å². The maximum Gasteiger partial charge on any atom is 0.169 e. The molecule has 4 nitrogen and oxygen atoms in total. The second-order valence-electron chi connectivity index (χ2n) is 17.5. The molecule has 0 saturated carbocycles. The lowest BCUT2D eigenvalue weighted by molar-refractivity contribution is 1.11. The van der Waals surface area contributed by atoms with Crippen molar-refractivity contribution in [2.24, 2.45) is 0 Å². The van der Waals surface area contributed by atoms with Crippen LogP contribution in [0.1, 0.15) is 12.5 Å². The van der Waals surface area contributed by atoms with E-state index in [0.29, 0.717) is 0 Å². The highest BCUT2D eigenvalue weighted by Gasteiger charge is 2.18. The van der Waals surface area contributed by atoms with E-state index in [0.717, 1.165) is 44.7 Å². The highest BCUT2D eigenvalue weighted by atomic mass is 15.2. The molecule has 0 spiro atoms. The summed E-state index contributed by atoms with van der Waals surface area (Å²) in [4.78, 5) is 0. The molecule has 334 valence electrons. The Kier molecular flexibility index (Phi) is 11.9. The highest BCUT2D eigenvalue weighted by Crippen LogP contribution is 2.39. The molecule has 70 heavy (non-hydrogen) atoms. The van der Waals surface area contributed by atoms with Crippen LogP contribution in [0.5, 0.6) is 0 Å². The van der Waals surface area contributed by atoms with E-state index in [9.17, 15) is 0 Å². The molecular weight excluding hydrogens is 849 g/mol. The van der Waals surface area contributed by atoms with Gasteiger partial charge in [-0.05, 0) is 118 Å². The predicted molar refractivity (Wildman–Crippen MR) is 297 cm³/mol. The van der Waals surface area contributed by atoms with E-state index in [1.54, 1.807) is 6.08 Å². The first-order valence-corrected chi connectivity index (χ1v) is 23.8. The van der Waals surface area contributed by atoms with Crippen LogP contribution in [0, 0.1) is 6.92 Å². The van der Waals surface area contributed by atoms with Gasteiger partial charge in [0, 0.05) is 32.8 Å². The Balaban J connectivity index is 0.000000483. The SMILES string of the molecule is C=CC.Cc1ccccc1.c1ccc(-c2ccc(-c3ccc4c(c3)c3cc(-c5ccc(-c6ccccc6)cc5)ccc3n4-c3ccc(-c4nnc5c6ccccc6c6ccccc6n45)cc3)cc2)cc1. The first-order valence-electron chi connectivity index (χ1n) is 23.8. The van der Waals surface area contributed by atoms with Crippen molar-refractivity contribution in [3.8, 4) is 61.6 Å². The van der Waals surface area contributed by atoms with Gasteiger partial charge < -0.3 is 4.57 Å². The molecule has 0 radical (unpaired) electrons. The number of hydrogen-bond donors (Lipinski definition) is 0. The standard InChI is InChI=1S/C56H36N4.C7H8.C3H6/c1-3-11-37(12-4-1)39-19-23-41(24-20-39)44-29-33-53-50(35-44)51-36-45(42-25-21-40(22-26-42)38-13-5-2-6-14-38)30-34-54(51)59(53)46-31-27-43(28-32-46)55-57-58-56-49-17-8-7-15-47(49)48-16-9-10-18-52(48)60(55)56;1-7-5-3-2-4-6-7;1-3-2/h1-36H;2-6H,1H3;3H,1H2,2H3. The van der Waals surface area contributed by atoms with Crippen molar-refractivity contribution in [1.29, 1.82) is 0 Å². The van der Waals surface area contributed by atoms with Gasteiger partial charge in [-0.2, -0.15) is 0 Å². The molecule has 0 N–H and O–H groups in total. The summed E-state index contributed by atoms with van der Waals surface area (Å²) in [5, 5.41) is 15.4. The average Bonchev–Trinajstić information content (AvgIpc) is 4.02. The fraction of sp³-hybridized carbons (Fsp3) is 0.0303. The third kappa shape index (κ3) is 8.33. The van der Waals surface area contributed by atoms with Gasteiger partial charge in [0.25, 0.3) is 0 Å². The van der Waals surface area contributed by atoms with Crippen LogP contribution >= 0.6 is 0 Å². The zero-order valence-electron chi connectivity index (χ0n) is 39.2. The molecule has 0 unspecified atom stereocenters. The van der Waals surface area contributed by atoms with Crippen LogP contribution in [-0.2, 0) is 0 Å². The number of hydrogen-bond acceptors (Lipinski definition) is 2. The average molecular weight is 899 g/mol. The summed E-state index contributed by atoms with van der Waals surface area (Å²) in [5.74, 6) is 0.826. The van der Waals surface area contributed by atoms with Gasteiger partial charge in [-0.15, -0.1) is 16.8 Å². The molecule has 13 aromatic rings. The minimum atomic E-state index is 0.826. The summed E-state index contributed by atoms with van der Waals surface area (Å²) < 4.78 is 4.60. The summed E-state index contributed by atoms with van der Waals surface area (Å²) in [6.07, 6.45) is 1.75. The van der Waals surface area contributed by atoms with Crippen molar-refractivity contribution < 1.29 is 0 Å². The minimum absolute atomic E-state index is 0.826. The Morgan fingerprint density at radius 1 is 0.343 bits per heavy atom. The molecule has 3 heterocycles. The van der Waals surface area contributed by atoms with Crippen molar-refractivity contribution in [3.05, 3.63) is 267 Å². The lowest BCUT2D eigenvalue weighted by Gasteiger charge is -2.11.